The third kappa shape index (κ3) is 6.01. The fraction of sp³-hybridized carbons (Fsp3) is 0.364. The van der Waals surface area contributed by atoms with Crippen LogP contribution in [0.2, 0.25) is 0 Å². The van der Waals surface area contributed by atoms with Gasteiger partial charge in [0.05, 0.1) is 13.7 Å². The molecule has 0 aliphatic carbocycles. The molecule has 0 aliphatic rings. The van der Waals surface area contributed by atoms with E-state index < -0.39 is 6.04 Å². The Hall–Kier alpha value is -3.02. The molecular formula is C22H28N2O4. The lowest BCUT2D eigenvalue weighted by atomic mass is 10.0. The highest BCUT2D eigenvalue weighted by Crippen LogP contribution is 2.25. The molecule has 6 heteroatoms. The van der Waals surface area contributed by atoms with E-state index in [1.807, 2.05) is 51.1 Å². The monoisotopic (exact) mass is 384 g/mol. The molecule has 0 saturated carbocycles. The number of ether oxygens (including phenoxy) is 2. The van der Waals surface area contributed by atoms with Gasteiger partial charge in [0.2, 0.25) is 5.91 Å². The molecular weight excluding hydrogens is 356 g/mol. The SMILES string of the molecule is COc1ccccc1OCCNC(=O)C(NC(=O)c1cccc(C)c1)C(C)C. The van der Waals surface area contributed by atoms with Crippen molar-refractivity contribution in [1.82, 2.24) is 10.6 Å². The van der Waals surface area contributed by atoms with Crippen molar-refractivity contribution in [3.05, 3.63) is 59.7 Å². The average Bonchev–Trinajstić information content (AvgIpc) is 2.69. The summed E-state index contributed by atoms with van der Waals surface area (Å²) < 4.78 is 10.9. The summed E-state index contributed by atoms with van der Waals surface area (Å²) in [7, 11) is 1.58. The third-order valence-corrected chi connectivity index (χ3v) is 4.24. The lowest BCUT2D eigenvalue weighted by Crippen LogP contribution is -2.50. The number of aryl methyl sites for hydroxylation is 1. The number of amides is 2. The summed E-state index contributed by atoms with van der Waals surface area (Å²) in [5.41, 5.74) is 1.53. The van der Waals surface area contributed by atoms with Gasteiger partial charge < -0.3 is 20.1 Å². The van der Waals surface area contributed by atoms with Crippen LogP contribution in [0.4, 0.5) is 0 Å². The van der Waals surface area contributed by atoms with Gasteiger partial charge in [-0.1, -0.05) is 43.7 Å². The van der Waals surface area contributed by atoms with E-state index in [-0.39, 0.29) is 17.7 Å². The Kier molecular flexibility index (Phi) is 7.87. The lowest BCUT2D eigenvalue weighted by Gasteiger charge is -2.22. The number of benzene rings is 2. The second-order valence-corrected chi connectivity index (χ2v) is 6.85. The molecule has 2 N–H and O–H groups in total. The van der Waals surface area contributed by atoms with Crippen LogP contribution in [0, 0.1) is 12.8 Å². The predicted octanol–water partition coefficient (Wildman–Crippen LogP) is 2.95. The van der Waals surface area contributed by atoms with Crippen molar-refractivity contribution in [2.75, 3.05) is 20.3 Å². The fourth-order valence-electron chi connectivity index (χ4n) is 2.73. The standard InChI is InChI=1S/C22H28N2O4/c1-15(2)20(24-21(25)17-9-7-8-16(3)14-17)22(26)23-12-13-28-19-11-6-5-10-18(19)27-4/h5-11,14-15,20H,12-13H2,1-4H3,(H,23,26)(H,24,25). The molecule has 0 saturated heterocycles. The molecule has 0 spiro atoms. The van der Waals surface area contributed by atoms with Crippen molar-refractivity contribution >= 4 is 11.8 Å². The predicted molar refractivity (Wildman–Crippen MR) is 109 cm³/mol. The van der Waals surface area contributed by atoms with E-state index in [1.165, 1.54) is 0 Å². The minimum absolute atomic E-state index is 0.0519. The Morgan fingerprint density at radius 2 is 1.75 bits per heavy atom. The van der Waals surface area contributed by atoms with Gasteiger partial charge in [-0.15, -0.1) is 0 Å². The molecule has 6 nitrogen and oxygen atoms in total. The van der Waals surface area contributed by atoms with Crippen molar-refractivity contribution in [3.8, 4) is 11.5 Å². The van der Waals surface area contributed by atoms with E-state index in [4.69, 9.17) is 9.47 Å². The lowest BCUT2D eigenvalue weighted by molar-refractivity contribution is -0.124. The highest BCUT2D eigenvalue weighted by atomic mass is 16.5. The first kappa shape index (κ1) is 21.3. The van der Waals surface area contributed by atoms with Crippen molar-refractivity contribution in [3.63, 3.8) is 0 Å². The number of para-hydroxylation sites is 2. The van der Waals surface area contributed by atoms with E-state index >= 15 is 0 Å². The summed E-state index contributed by atoms with van der Waals surface area (Å²) in [5.74, 6) is 0.707. The van der Waals surface area contributed by atoms with Gasteiger partial charge in [-0.25, -0.2) is 0 Å². The first-order valence-corrected chi connectivity index (χ1v) is 9.33. The van der Waals surface area contributed by atoms with Gasteiger partial charge in [0.25, 0.3) is 5.91 Å². The Morgan fingerprint density at radius 1 is 1.04 bits per heavy atom. The van der Waals surface area contributed by atoms with Crippen LogP contribution in [-0.2, 0) is 4.79 Å². The Morgan fingerprint density at radius 3 is 2.39 bits per heavy atom. The van der Waals surface area contributed by atoms with Gasteiger partial charge in [-0.2, -0.15) is 0 Å². The molecule has 0 aromatic heterocycles. The van der Waals surface area contributed by atoms with Crippen molar-refractivity contribution in [2.24, 2.45) is 5.92 Å². The largest absolute Gasteiger partial charge is 0.493 e. The van der Waals surface area contributed by atoms with E-state index in [0.717, 1.165) is 5.56 Å². The number of carbonyl (C=O) groups is 2. The summed E-state index contributed by atoms with van der Waals surface area (Å²) >= 11 is 0. The maximum atomic E-state index is 12.5. The maximum absolute atomic E-state index is 12.5. The summed E-state index contributed by atoms with van der Waals surface area (Å²) in [4.78, 5) is 25.0. The van der Waals surface area contributed by atoms with E-state index in [1.54, 1.807) is 25.3 Å². The molecule has 28 heavy (non-hydrogen) atoms. The topological polar surface area (TPSA) is 76.7 Å². The van der Waals surface area contributed by atoms with Crippen LogP contribution >= 0.6 is 0 Å². The quantitative estimate of drug-likeness (QED) is 0.652. The first-order chi connectivity index (χ1) is 13.4. The minimum atomic E-state index is -0.626. The van der Waals surface area contributed by atoms with E-state index in [2.05, 4.69) is 10.6 Å². The van der Waals surface area contributed by atoms with Crippen molar-refractivity contribution in [1.29, 1.82) is 0 Å². The zero-order chi connectivity index (χ0) is 20.5. The van der Waals surface area contributed by atoms with Gasteiger partial charge in [-0.05, 0) is 37.1 Å². The zero-order valence-electron chi connectivity index (χ0n) is 16.8. The summed E-state index contributed by atoms with van der Waals surface area (Å²) in [6, 6.07) is 14.0. The molecule has 2 rings (SSSR count). The summed E-state index contributed by atoms with van der Waals surface area (Å²) in [6.45, 7) is 6.33. The smallest absolute Gasteiger partial charge is 0.251 e. The van der Waals surface area contributed by atoms with Gasteiger partial charge >= 0.3 is 0 Å². The molecule has 0 bridgehead atoms. The van der Waals surface area contributed by atoms with Gasteiger partial charge in [-0.3, -0.25) is 9.59 Å². The Labute approximate surface area is 166 Å². The second-order valence-electron chi connectivity index (χ2n) is 6.85. The third-order valence-electron chi connectivity index (χ3n) is 4.24. The van der Waals surface area contributed by atoms with Gasteiger partial charge in [0.15, 0.2) is 11.5 Å². The molecule has 2 aromatic rings. The molecule has 0 fully saturated rings. The van der Waals surface area contributed by atoms with Crippen LogP contribution in [0.1, 0.15) is 29.8 Å². The number of hydrogen-bond donors (Lipinski definition) is 2. The fourth-order valence-corrected chi connectivity index (χ4v) is 2.73. The normalized spacial score (nSPS) is 11.6. The second kappa shape index (κ2) is 10.3. The molecule has 2 amide bonds. The van der Waals surface area contributed by atoms with Crippen molar-refractivity contribution < 1.29 is 19.1 Å². The van der Waals surface area contributed by atoms with Gasteiger partial charge in [0.1, 0.15) is 12.6 Å². The Balaban J connectivity index is 1.87. The number of methoxy groups -OCH3 is 1. The molecule has 1 unspecified atom stereocenters. The van der Waals surface area contributed by atoms with Crippen LogP contribution < -0.4 is 20.1 Å². The van der Waals surface area contributed by atoms with Crippen LogP contribution in [0.3, 0.4) is 0 Å². The number of hydrogen-bond acceptors (Lipinski definition) is 4. The molecule has 0 aliphatic heterocycles. The van der Waals surface area contributed by atoms with E-state index in [9.17, 15) is 9.59 Å². The van der Waals surface area contributed by atoms with Crippen molar-refractivity contribution in [2.45, 2.75) is 26.8 Å². The van der Waals surface area contributed by atoms with Crippen LogP contribution in [0.15, 0.2) is 48.5 Å². The molecule has 0 heterocycles. The molecule has 1 atom stereocenters. The number of rotatable bonds is 9. The van der Waals surface area contributed by atoms with Crippen LogP contribution in [0.5, 0.6) is 11.5 Å². The Bertz CT molecular complexity index is 805. The molecule has 150 valence electrons. The molecule has 2 aromatic carbocycles. The molecule has 0 radical (unpaired) electrons. The number of carbonyl (C=O) groups excluding carboxylic acids is 2. The summed E-state index contributed by atoms with van der Waals surface area (Å²) in [5, 5.41) is 5.65. The zero-order valence-corrected chi connectivity index (χ0v) is 16.8. The maximum Gasteiger partial charge on any atom is 0.251 e. The average molecular weight is 384 g/mol. The highest BCUT2D eigenvalue weighted by molar-refractivity contribution is 5.97. The first-order valence-electron chi connectivity index (χ1n) is 9.33. The number of nitrogens with one attached hydrogen (secondary N) is 2. The van der Waals surface area contributed by atoms with Crippen LogP contribution in [-0.4, -0.2) is 38.1 Å². The van der Waals surface area contributed by atoms with Gasteiger partial charge in [0, 0.05) is 5.56 Å². The minimum Gasteiger partial charge on any atom is -0.493 e. The van der Waals surface area contributed by atoms with Crippen LogP contribution in [0.25, 0.3) is 0 Å². The highest BCUT2D eigenvalue weighted by Gasteiger charge is 2.24. The van der Waals surface area contributed by atoms with E-state index in [0.29, 0.717) is 30.2 Å². The summed E-state index contributed by atoms with van der Waals surface area (Å²) in [6.07, 6.45) is 0.